The van der Waals surface area contributed by atoms with E-state index in [-0.39, 0.29) is 11.9 Å². The summed E-state index contributed by atoms with van der Waals surface area (Å²) in [4.78, 5) is 17.1. The van der Waals surface area contributed by atoms with Crippen LogP contribution in [0.5, 0.6) is 0 Å². The Bertz CT molecular complexity index is 654. The SMILES string of the molecule is CN(C)CC1CCCCN1C(=O)c1cccc(-n2cnnn2)c1. The molecule has 1 amide bonds. The van der Waals surface area contributed by atoms with Crippen LogP contribution in [0, 0.1) is 0 Å². The number of rotatable bonds is 4. The Morgan fingerprint density at radius 2 is 2.22 bits per heavy atom. The summed E-state index contributed by atoms with van der Waals surface area (Å²) in [6.45, 7) is 1.73. The Morgan fingerprint density at radius 3 is 2.96 bits per heavy atom. The second-order valence-corrected chi connectivity index (χ2v) is 6.22. The van der Waals surface area contributed by atoms with Crippen LogP contribution in [-0.4, -0.2) is 69.1 Å². The van der Waals surface area contributed by atoms with Gasteiger partial charge in [-0.3, -0.25) is 4.79 Å². The van der Waals surface area contributed by atoms with Crippen molar-refractivity contribution in [1.29, 1.82) is 0 Å². The van der Waals surface area contributed by atoms with Crippen LogP contribution in [0.15, 0.2) is 30.6 Å². The lowest BCUT2D eigenvalue weighted by Crippen LogP contribution is -2.48. The molecule has 23 heavy (non-hydrogen) atoms. The third-order valence-corrected chi connectivity index (χ3v) is 4.17. The molecule has 1 atom stereocenters. The summed E-state index contributed by atoms with van der Waals surface area (Å²) < 4.78 is 1.56. The molecule has 0 bridgehead atoms. The van der Waals surface area contributed by atoms with Gasteiger partial charge in [-0.1, -0.05) is 6.07 Å². The van der Waals surface area contributed by atoms with Crippen molar-refractivity contribution in [1.82, 2.24) is 30.0 Å². The molecule has 3 rings (SSSR count). The van der Waals surface area contributed by atoms with Crippen molar-refractivity contribution >= 4 is 5.91 Å². The van der Waals surface area contributed by atoms with Crippen LogP contribution in [0.2, 0.25) is 0 Å². The zero-order chi connectivity index (χ0) is 16.2. The molecule has 0 saturated carbocycles. The Balaban J connectivity index is 1.82. The Hall–Kier alpha value is -2.28. The van der Waals surface area contributed by atoms with E-state index in [1.54, 1.807) is 4.68 Å². The zero-order valence-electron chi connectivity index (χ0n) is 13.6. The molecule has 1 unspecified atom stereocenters. The van der Waals surface area contributed by atoms with Gasteiger partial charge in [-0.15, -0.1) is 5.10 Å². The van der Waals surface area contributed by atoms with E-state index >= 15 is 0 Å². The monoisotopic (exact) mass is 314 g/mol. The molecular weight excluding hydrogens is 292 g/mol. The van der Waals surface area contributed by atoms with Crippen LogP contribution in [-0.2, 0) is 0 Å². The zero-order valence-corrected chi connectivity index (χ0v) is 13.6. The van der Waals surface area contributed by atoms with Gasteiger partial charge in [0.25, 0.3) is 5.91 Å². The van der Waals surface area contributed by atoms with Gasteiger partial charge in [0.05, 0.1) is 5.69 Å². The maximum atomic E-state index is 13.0. The van der Waals surface area contributed by atoms with E-state index in [1.165, 1.54) is 12.7 Å². The van der Waals surface area contributed by atoms with Crippen molar-refractivity contribution in [3.8, 4) is 5.69 Å². The second kappa shape index (κ2) is 6.87. The number of hydrogen-bond donors (Lipinski definition) is 0. The van der Waals surface area contributed by atoms with Gasteiger partial charge in [0.2, 0.25) is 0 Å². The summed E-state index contributed by atoms with van der Waals surface area (Å²) in [6.07, 6.45) is 4.85. The predicted octanol–water partition coefficient (Wildman–Crippen LogP) is 1.22. The van der Waals surface area contributed by atoms with Crippen LogP contribution in [0.25, 0.3) is 5.69 Å². The number of piperidine rings is 1. The van der Waals surface area contributed by atoms with Crippen LogP contribution in [0.1, 0.15) is 29.6 Å². The number of carbonyl (C=O) groups excluding carboxylic acids is 1. The molecule has 1 saturated heterocycles. The van der Waals surface area contributed by atoms with Crippen molar-refractivity contribution in [3.63, 3.8) is 0 Å². The molecule has 0 radical (unpaired) electrons. The highest BCUT2D eigenvalue weighted by Gasteiger charge is 2.27. The van der Waals surface area contributed by atoms with E-state index in [4.69, 9.17) is 0 Å². The first-order valence-electron chi connectivity index (χ1n) is 7.94. The predicted molar refractivity (Wildman–Crippen MR) is 86.4 cm³/mol. The van der Waals surface area contributed by atoms with E-state index < -0.39 is 0 Å². The van der Waals surface area contributed by atoms with Crippen LogP contribution in [0.3, 0.4) is 0 Å². The molecule has 1 aliphatic rings. The van der Waals surface area contributed by atoms with Gasteiger partial charge in [0.15, 0.2) is 0 Å². The lowest BCUT2D eigenvalue weighted by Gasteiger charge is -2.37. The number of hydrogen-bond acceptors (Lipinski definition) is 5. The number of aromatic nitrogens is 4. The number of tetrazole rings is 1. The fourth-order valence-electron chi connectivity index (χ4n) is 3.11. The quantitative estimate of drug-likeness (QED) is 0.849. The minimum atomic E-state index is 0.0893. The molecule has 1 aromatic carbocycles. The largest absolute Gasteiger partial charge is 0.334 e. The first-order valence-corrected chi connectivity index (χ1v) is 7.94. The summed E-state index contributed by atoms with van der Waals surface area (Å²) in [5.41, 5.74) is 1.48. The standard InChI is InChI=1S/C16H22N6O/c1-20(2)11-15-7-3-4-9-21(15)16(23)13-6-5-8-14(10-13)22-12-17-18-19-22/h5-6,8,10,12,15H,3-4,7,9,11H2,1-2H3. The number of nitrogens with zero attached hydrogens (tertiary/aromatic N) is 6. The lowest BCUT2D eigenvalue weighted by molar-refractivity contribution is 0.0574. The van der Waals surface area contributed by atoms with Crippen LogP contribution < -0.4 is 0 Å². The molecular formula is C16H22N6O. The fourth-order valence-corrected chi connectivity index (χ4v) is 3.11. The number of amides is 1. The molecule has 0 N–H and O–H groups in total. The van der Waals surface area contributed by atoms with Gasteiger partial charge in [0.1, 0.15) is 6.33 Å². The summed E-state index contributed by atoms with van der Waals surface area (Å²) in [6, 6.07) is 7.75. The molecule has 1 aromatic heterocycles. The number of benzene rings is 1. The summed E-state index contributed by atoms with van der Waals surface area (Å²) in [5, 5.41) is 11.2. The fraction of sp³-hybridized carbons (Fsp3) is 0.500. The highest BCUT2D eigenvalue weighted by Crippen LogP contribution is 2.21. The van der Waals surface area contributed by atoms with Gasteiger partial charge in [-0.25, -0.2) is 4.68 Å². The molecule has 0 aliphatic carbocycles. The first-order chi connectivity index (χ1) is 11.1. The maximum Gasteiger partial charge on any atom is 0.254 e. The molecule has 7 heteroatoms. The van der Waals surface area contributed by atoms with Gasteiger partial charge in [0, 0.05) is 24.7 Å². The van der Waals surface area contributed by atoms with Gasteiger partial charge >= 0.3 is 0 Å². The smallest absolute Gasteiger partial charge is 0.254 e. The first kappa shape index (κ1) is 15.6. The number of carbonyl (C=O) groups is 1. The molecule has 1 fully saturated rings. The van der Waals surface area contributed by atoms with Gasteiger partial charge < -0.3 is 9.80 Å². The van der Waals surface area contributed by atoms with Crippen molar-refractivity contribution in [2.24, 2.45) is 0 Å². The third kappa shape index (κ3) is 3.56. The van der Waals surface area contributed by atoms with E-state index in [0.717, 1.165) is 31.6 Å². The van der Waals surface area contributed by atoms with E-state index in [9.17, 15) is 4.79 Å². The van der Waals surface area contributed by atoms with Gasteiger partial charge in [-0.2, -0.15) is 0 Å². The van der Waals surface area contributed by atoms with E-state index in [2.05, 4.69) is 34.5 Å². The average molecular weight is 314 g/mol. The van der Waals surface area contributed by atoms with Crippen LogP contribution in [0.4, 0.5) is 0 Å². The van der Waals surface area contributed by atoms with E-state index in [1.807, 2.05) is 29.2 Å². The minimum absolute atomic E-state index is 0.0893. The molecule has 2 aromatic rings. The maximum absolute atomic E-state index is 13.0. The Kier molecular flexibility index (Phi) is 4.66. The number of likely N-dealkylation sites (tertiary alicyclic amines) is 1. The summed E-state index contributed by atoms with van der Waals surface area (Å²) in [7, 11) is 4.10. The van der Waals surface area contributed by atoms with E-state index in [0.29, 0.717) is 5.56 Å². The summed E-state index contributed by atoms with van der Waals surface area (Å²) >= 11 is 0. The normalized spacial score (nSPS) is 18.4. The Morgan fingerprint density at radius 1 is 1.35 bits per heavy atom. The molecule has 0 spiro atoms. The number of likely N-dealkylation sites (N-methyl/N-ethyl adjacent to an activating group) is 1. The lowest BCUT2D eigenvalue weighted by atomic mass is 10.00. The molecule has 1 aliphatic heterocycles. The molecule has 2 heterocycles. The topological polar surface area (TPSA) is 67.2 Å². The average Bonchev–Trinajstić information content (AvgIpc) is 3.09. The minimum Gasteiger partial charge on any atom is -0.334 e. The Labute approximate surface area is 135 Å². The molecule has 7 nitrogen and oxygen atoms in total. The third-order valence-electron chi connectivity index (χ3n) is 4.17. The van der Waals surface area contributed by atoms with Gasteiger partial charge in [-0.05, 0) is 62.0 Å². The van der Waals surface area contributed by atoms with Crippen molar-refractivity contribution in [2.45, 2.75) is 25.3 Å². The van der Waals surface area contributed by atoms with Crippen molar-refractivity contribution in [2.75, 3.05) is 27.2 Å². The molecule has 122 valence electrons. The highest BCUT2D eigenvalue weighted by atomic mass is 16.2. The van der Waals surface area contributed by atoms with Crippen LogP contribution >= 0.6 is 0 Å². The summed E-state index contributed by atoms with van der Waals surface area (Å²) in [5.74, 6) is 0.0893. The second-order valence-electron chi connectivity index (χ2n) is 6.22. The van der Waals surface area contributed by atoms with Crippen molar-refractivity contribution in [3.05, 3.63) is 36.2 Å². The van der Waals surface area contributed by atoms with Crippen molar-refractivity contribution < 1.29 is 4.79 Å². The highest BCUT2D eigenvalue weighted by molar-refractivity contribution is 5.95.